The van der Waals surface area contributed by atoms with E-state index in [2.05, 4.69) is 34.4 Å². The van der Waals surface area contributed by atoms with Gasteiger partial charge in [0, 0.05) is 30.6 Å². The first-order chi connectivity index (χ1) is 6.69. The van der Waals surface area contributed by atoms with Crippen molar-refractivity contribution in [3.05, 3.63) is 30.5 Å². The molecule has 1 aromatic rings. The van der Waals surface area contributed by atoms with Gasteiger partial charge in [-0.2, -0.15) is 0 Å². The van der Waals surface area contributed by atoms with Gasteiger partial charge >= 0.3 is 0 Å². The van der Waals surface area contributed by atoms with Crippen LogP contribution in [0.2, 0.25) is 0 Å². The van der Waals surface area contributed by atoms with E-state index in [0.29, 0.717) is 8.58 Å². The number of nitrogens with zero attached hydrogens (tertiary/aromatic N) is 2. The van der Waals surface area contributed by atoms with Crippen molar-refractivity contribution in [1.82, 2.24) is 14.9 Å². The maximum atomic E-state index is 4.31. The molecule has 0 saturated carbocycles. The van der Waals surface area contributed by atoms with Gasteiger partial charge in [0.15, 0.2) is 0 Å². The Morgan fingerprint density at radius 2 is 2.43 bits per heavy atom. The average Bonchev–Trinajstić information content (AvgIpc) is 2.64. The van der Waals surface area contributed by atoms with E-state index in [4.69, 9.17) is 0 Å². The maximum Gasteiger partial charge on any atom is 0.138 e. The lowest BCUT2D eigenvalue weighted by molar-refractivity contribution is 1.08. The second-order valence-electron chi connectivity index (χ2n) is 2.90. The quantitative estimate of drug-likeness (QED) is 0.766. The van der Waals surface area contributed by atoms with Gasteiger partial charge in [-0.05, 0) is 22.4 Å². The van der Waals surface area contributed by atoms with Crippen LogP contribution >= 0.6 is 8.58 Å². The van der Waals surface area contributed by atoms with Gasteiger partial charge in [-0.15, -0.1) is 0 Å². The van der Waals surface area contributed by atoms with Crippen LogP contribution in [-0.4, -0.2) is 16.6 Å². The molecule has 0 spiro atoms. The largest absolute Gasteiger partial charge is 0.388 e. The summed E-state index contributed by atoms with van der Waals surface area (Å²) in [5.74, 6) is 0. The molecule has 0 saturated heterocycles. The number of rotatable bonds is 4. The summed E-state index contributed by atoms with van der Waals surface area (Å²) >= 11 is 0. The van der Waals surface area contributed by atoms with Gasteiger partial charge in [0.1, 0.15) is 5.57 Å². The van der Waals surface area contributed by atoms with E-state index in [9.17, 15) is 0 Å². The van der Waals surface area contributed by atoms with Crippen molar-refractivity contribution >= 4 is 19.8 Å². The third-order valence-electron chi connectivity index (χ3n) is 2.00. The Hall–Kier alpha value is -1.08. The molecule has 0 aliphatic rings. The Morgan fingerprint density at radius 3 is 3.00 bits per heavy atom. The molecule has 1 atom stereocenters. The van der Waals surface area contributed by atoms with Gasteiger partial charge in [-0.25, -0.2) is 4.98 Å². The minimum Gasteiger partial charge on any atom is -0.388 e. The fourth-order valence-electron chi connectivity index (χ4n) is 1.02. The highest BCUT2D eigenvalue weighted by atomic mass is 31.1. The van der Waals surface area contributed by atoms with E-state index >= 15 is 0 Å². The van der Waals surface area contributed by atoms with Crippen LogP contribution in [0, 0.1) is 0 Å². The number of allylic oxidation sites excluding steroid dienone is 2. The van der Waals surface area contributed by atoms with Gasteiger partial charge < -0.3 is 9.88 Å². The van der Waals surface area contributed by atoms with Crippen molar-refractivity contribution < 1.29 is 0 Å². The summed E-state index contributed by atoms with van der Waals surface area (Å²) in [4.78, 5) is 4.31. The first-order valence-electron chi connectivity index (χ1n) is 4.49. The third-order valence-corrected chi connectivity index (χ3v) is 3.15. The number of hydrogen-bond acceptors (Lipinski definition) is 2. The topological polar surface area (TPSA) is 29.9 Å². The van der Waals surface area contributed by atoms with Crippen molar-refractivity contribution in [3.63, 3.8) is 0 Å². The summed E-state index contributed by atoms with van der Waals surface area (Å²) in [6.45, 7) is 7.99. The lowest BCUT2D eigenvalue weighted by Crippen LogP contribution is -2.14. The molecule has 1 rings (SSSR count). The standard InChI is InChI=1S/C10H16N3P/c1-5-8(2)13-7-6-12-10(13)14-9(3)11-4/h5-7,11,14H,3H2,1-2,4H3/b8-5+. The molecule has 0 aliphatic heterocycles. The van der Waals surface area contributed by atoms with Crippen molar-refractivity contribution in [2.24, 2.45) is 0 Å². The number of aromatic nitrogens is 2. The molecule has 0 fully saturated rings. The zero-order valence-corrected chi connectivity index (χ0v) is 9.83. The fourth-order valence-corrected chi connectivity index (χ4v) is 1.92. The van der Waals surface area contributed by atoms with Crippen LogP contribution in [0.1, 0.15) is 13.8 Å². The van der Waals surface area contributed by atoms with Crippen LogP contribution in [0.3, 0.4) is 0 Å². The summed E-state index contributed by atoms with van der Waals surface area (Å²) in [6.07, 6.45) is 5.86. The second kappa shape index (κ2) is 4.97. The number of hydrogen-bond donors (Lipinski definition) is 1. The first-order valence-corrected chi connectivity index (χ1v) is 5.49. The minimum atomic E-state index is 0.503. The van der Waals surface area contributed by atoms with E-state index in [-0.39, 0.29) is 0 Å². The molecule has 4 heteroatoms. The monoisotopic (exact) mass is 209 g/mol. The maximum absolute atomic E-state index is 4.31. The highest BCUT2D eigenvalue weighted by Gasteiger charge is 2.04. The van der Waals surface area contributed by atoms with Crippen LogP contribution in [0.25, 0.3) is 5.70 Å². The molecule has 1 unspecified atom stereocenters. The molecule has 1 N–H and O–H groups in total. The minimum absolute atomic E-state index is 0.503. The van der Waals surface area contributed by atoms with E-state index in [0.717, 1.165) is 11.0 Å². The van der Waals surface area contributed by atoms with Crippen LogP contribution < -0.4 is 10.9 Å². The molecule has 1 aromatic heterocycles. The molecular formula is C10H16N3P. The summed E-state index contributed by atoms with van der Waals surface area (Å²) in [5.41, 5.74) is 3.23. The predicted octanol–water partition coefficient (Wildman–Crippen LogP) is 1.76. The average molecular weight is 209 g/mol. The molecule has 76 valence electrons. The van der Waals surface area contributed by atoms with Gasteiger partial charge in [0.2, 0.25) is 0 Å². The number of imidazole rings is 1. The predicted molar refractivity (Wildman–Crippen MR) is 64.0 cm³/mol. The Balaban J connectivity index is 2.88. The van der Waals surface area contributed by atoms with Crippen molar-refractivity contribution in [2.75, 3.05) is 7.05 Å². The van der Waals surface area contributed by atoms with Crippen LogP contribution in [0.15, 0.2) is 30.5 Å². The normalized spacial score (nSPS) is 12.4. The summed E-state index contributed by atoms with van der Waals surface area (Å²) in [7, 11) is 2.38. The SMILES string of the molecule is C=C(NC)Pc1nccn1/C(C)=C/C. The molecular weight excluding hydrogens is 193 g/mol. The Bertz CT molecular complexity index is 352. The highest BCUT2D eigenvalue weighted by molar-refractivity contribution is 7.51. The van der Waals surface area contributed by atoms with E-state index < -0.39 is 0 Å². The van der Waals surface area contributed by atoms with Crippen molar-refractivity contribution in [3.8, 4) is 0 Å². The molecule has 0 aliphatic carbocycles. The Labute approximate surface area is 86.7 Å². The van der Waals surface area contributed by atoms with Crippen LogP contribution in [0.4, 0.5) is 0 Å². The molecule has 0 radical (unpaired) electrons. The Kier molecular flexibility index (Phi) is 3.90. The smallest absolute Gasteiger partial charge is 0.138 e. The highest BCUT2D eigenvalue weighted by Crippen LogP contribution is 2.18. The second-order valence-corrected chi connectivity index (χ2v) is 4.21. The lowest BCUT2D eigenvalue weighted by Gasteiger charge is -2.08. The van der Waals surface area contributed by atoms with Gasteiger partial charge in [-0.3, -0.25) is 0 Å². The van der Waals surface area contributed by atoms with Crippen molar-refractivity contribution in [1.29, 1.82) is 0 Å². The van der Waals surface area contributed by atoms with E-state index in [1.807, 2.05) is 26.4 Å². The molecule has 14 heavy (non-hydrogen) atoms. The molecule has 1 heterocycles. The lowest BCUT2D eigenvalue weighted by atomic mass is 10.4. The van der Waals surface area contributed by atoms with Gasteiger partial charge in [0.25, 0.3) is 0 Å². The Morgan fingerprint density at radius 1 is 1.71 bits per heavy atom. The van der Waals surface area contributed by atoms with E-state index in [1.54, 1.807) is 0 Å². The number of nitrogens with one attached hydrogen (secondary N) is 1. The molecule has 0 aromatic carbocycles. The molecule has 0 bridgehead atoms. The van der Waals surface area contributed by atoms with Gasteiger partial charge in [-0.1, -0.05) is 12.7 Å². The van der Waals surface area contributed by atoms with Crippen molar-refractivity contribution in [2.45, 2.75) is 13.8 Å². The summed E-state index contributed by atoms with van der Waals surface area (Å²) < 4.78 is 2.08. The zero-order valence-electron chi connectivity index (χ0n) is 8.83. The zero-order chi connectivity index (χ0) is 10.6. The summed E-state index contributed by atoms with van der Waals surface area (Å²) in [6, 6.07) is 0. The van der Waals surface area contributed by atoms with E-state index in [1.165, 1.54) is 5.70 Å². The molecule has 0 amide bonds. The third kappa shape index (κ3) is 2.46. The van der Waals surface area contributed by atoms with Crippen LogP contribution in [-0.2, 0) is 0 Å². The summed E-state index contributed by atoms with van der Waals surface area (Å²) in [5, 5.41) is 3.03. The first kappa shape index (κ1) is 11.0. The van der Waals surface area contributed by atoms with Crippen LogP contribution in [0.5, 0.6) is 0 Å². The van der Waals surface area contributed by atoms with Gasteiger partial charge in [0.05, 0.1) is 0 Å². The fraction of sp³-hybridized carbons (Fsp3) is 0.300. The molecule has 3 nitrogen and oxygen atoms in total.